The number of hydrogen-bond donors (Lipinski definition) is 1. The van der Waals surface area contributed by atoms with Crippen molar-refractivity contribution in [2.45, 2.75) is 19.4 Å². The molecule has 0 unspecified atom stereocenters. The maximum Gasteiger partial charge on any atom is 0.335 e. The zero-order chi connectivity index (χ0) is 13.7. The van der Waals surface area contributed by atoms with Crippen LogP contribution in [0, 0.1) is 0 Å². The minimum absolute atomic E-state index is 0.176. The molecule has 19 heavy (non-hydrogen) atoms. The lowest BCUT2D eigenvalue weighted by Crippen LogP contribution is -2.28. The van der Waals surface area contributed by atoms with Gasteiger partial charge in [0.25, 0.3) is 0 Å². The van der Waals surface area contributed by atoms with Gasteiger partial charge in [0.15, 0.2) is 0 Å². The SMILES string of the molecule is O=C(O)c1ccnc(COCCN2CCCC2=O)c1. The standard InChI is InChI=1S/C13H16N2O4/c16-12-2-1-5-15(12)6-7-19-9-11-8-10(13(17)18)3-4-14-11/h3-4,8H,1-2,5-7,9H2,(H,17,18). The summed E-state index contributed by atoms with van der Waals surface area (Å²) in [7, 11) is 0. The number of hydrogen-bond acceptors (Lipinski definition) is 4. The van der Waals surface area contributed by atoms with E-state index in [1.165, 1.54) is 18.3 Å². The molecule has 1 aromatic rings. The van der Waals surface area contributed by atoms with Crippen LogP contribution in [0.1, 0.15) is 28.9 Å². The molecule has 102 valence electrons. The third-order valence-corrected chi connectivity index (χ3v) is 2.99. The van der Waals surface area contributed by atoms with Crippen LogP contribution in [0.25, 0.3) is 0 Å². The van der Waals surface area contributed by atoms with Gasteiger partial charge in [0.1, 0.15) is 0 Å². The van der Waals surface area contributed by atoms with E-state index in [0.717, 1.165) is 13.0 Å². The summed E-state index contributed by atoms with van der Waals surface area (Å²) in [4.78, 5) is 27.9. The molecule has 0 radical (unpaired) electrons. The summed E-state index contributed by atoms with van der Waals surface area (Å²) in [6.07, 6.45) is 3.00. The fraction of sp³-hybridized carbons (Fsp3) is 0.462. The molecule has 1 aromatic heterocycles. The number of carboxylic acid groups (broad SMARTS) is 1. The Labute approximate surface area is 111 Å². The summed E-state index contributed by atoms with van der Waals surface area (Å²) in [5, 5.41) is 8.84. The molecule has 0 aliphatic carbocycles. The lowest BCUT2D eigenvalue weighted by atomic mass is 10.2. The normalized spacial score (nSPS) is 14.9. The molecule has 1 amide bonds. The summed E-state index contributed by atoms with van der Waals surface area (Å²) in [6.45, 7) is 2.07. The van der Waals surface area contributed by atoms with Gasteiger partial charge in [-0.15, -0.1) is 0 Å². The van der Waals surface area contributed by atoms with Gasteiger partial charge in [0.2, 0.25) is 5.91 Å². The summed E-state index contributed by atoms with van der Waals surface area (Å²) < 4.78 is 5.42. The van der Waals surface area contributed by atoms with Crippen molar-refractivity contribution in [3.63, 3.8) is 0 Å². The van der Waals surface area contributed by atoms with Crippen molar-refractivity contribution in [1.29, 1.82) is 0 Å². The van der Waals surface area contributed by atoms with Crippen LogP contribution < -0.4 is 0 Å². The Hall–Kier alpha value is -1.95. The first-order valence-corrected chi connectivity index (χ1v) is 6.20. The first-order chi connectivity index (χ1) is 9.16. The summed E-state index contributed by atoms with van der Waals surface area (Å²) in [5.41, 5.74) is 0.774. The third-order valence-electron chi connectivity index (χ3n) is 2.99. The Balaban J connectivity index is 1.75. The summed E-state index contributed by atoms with van der Waals surface area (Å²) in [6, 6.07) is 2.93. The molecule has 6 heteroatoms. The van der Waals surface area contributed by atoms with Crippen molar-refractivity contribution >= 4 is 11.9 Å². The molecule has 0 saturated carbocycles. The summed E-state index contributed by atoms with van der Waals surface area (Å²) in [5.74, 6) is -0.805. The van der Waals surface area contributed by atoms with E-state index in [0.29, 0.717) is 25.3 Å². The topological polar surface area (TPSA) is 79.7 Å². The maximum absolute atomic E-state index is 11.4. The zero-order valence-electron chi connectivity index (χ0n) is 10.5. The van der Waals surface area contributed by atoms with Crippen molar-refractivity contribution in [3.8, 4) is 0 Å². The predicted octanol–water partition coefficient (Wildman–Crippen LogP) is 0.919. The Morgan fingerprint density at radius 1 is 1.53 bits per heavy atom. The van der Waals surface area contributed by atoms with E-state index in [9.17, 15) is 9.59 Å². The van der Waals surface area contributed by atoms with Gasteiger partial charge in [-0.2, -0.15) is 0 Å². The number of ether oxygens (including phenoxy) is 1. The Kier molecular flexibility index (Phi) is 4.46. The van der Waals surface area contributed by atoms with E-state index in [1.807, 2.05) is 0 Å². The van der Waals surface area contributed by atoms with Crippen LogP contribution in [0.2, 0.25) is 0 Å². The number of pyridine rings is 1. The van der Waals surface area contributed by atoms with Gasteiger partial charge in [0.05, 0.1) is 24.5 Å². The number of carbonyl (C=O) groups excluding carboxylic acids is 1. The van der Waals surface area contributed by atoms with Gasteiger partial charge in [0, 0.05) is 25.7 Å². The van der Waals surface area contributed by atoms with Crippen LogP contribution in [0.15, 0.2) is 18.3 Å². The van der Waals surface area contributed by atoms with Gasteiger partial charge in [-0.3, -0.25) is 9.78 Å². The fourth-order valence-electron chi connectivity index (χ4n) is 1.98. The highest BCUT2D eigenvalue weighted by molar-refractivity contribution is 5.87. The molecule has 1 fully saturated rings. The molecular formula is C13H16N2O4. The van der Waals surface area contributed by atoms with E-state index in [4.69, 9.17) is 9.84 Å². The van der Waals surface area contributed by atoms with Crippen LogP contribution in [0.3, 0.4) is 0 Å². The molecule has 1 aliphatic heterocycles. The molecule has 0 aromatic carbocycles. The monoisotopic (exact) mass is 264 g/mol. The second kappa shape index (κ2) is 6.29. The van der Waals surface area contributed by atoms with Crippen molar-refractivity contribution in [3.05, 3.63) is 29.6 Å². The highest BCUT2D eigenvalue weighted by Gasteiger charge is 2.19. The molecule has 6 nitrogen and oxygen atoms in total. The van der Waals surface area contributed by atoms with Crippen LogP contribution in [-0.4, -0.2) is 46.6 Å². The minimum atomic E-state index is -0.980. The van der Waals surface area contributed by atoms with E-state index < -0.39 is 5.97 Å². The molecule has 0 spiro atoms. The quantitative estimate of drug-likeness (QED) is 0.773. The van der Waals surface area contributed by atoms with Crippen molar-refractivity contribution in [2.75, 3.05) is 19.7 Å². The first kappa shape index (κ1) is 13.5. The lowest BCUT2D eigenvalue weighted by molar-refractivity contribution is -0.128. The highest BCUT2D eigenvalue weighted by atomic mass is 16.5. The molecule has 1 aliphatic rings. The average molecular weight is 264 g/mol. The van der Waals surface area contributed by atoms with Crippen molar-refractivity contribution in [1.82, 2.24) is 9.88 Å². The molecule has 2 heterocycles. The third kappa shape index (κ3) is 3.75. The van der Waals surface area contributed by atoms with Gasteiger partial charge >= 0.3 is 5.97 Å². The number of likely N-dealkylation sites (tertiary alicyclic amines) is 1. The van der Waals surface area contributed by atoms with Crippen molar-refractivity contribution in [2.24, 2.45) is 0 Å². The Morgan fingerprint density at radius 2 is 2.37 bits per heavy atom. The first-order valence-electron chi connectivity index (χ1n) is 6.20. The number of nitrogens with zero attached hydrogens (tertiary/aromatic N) is 2. The Bertz CT molecular complexity index is 475. The molecule has 1 saturated heterocycles. The van der Waals surface area contributed by atoms with Gasteiger partial charge < -0.3 is 14.7 Å². The largest absolute Gasteiger partial charge is 0.478 e. The summed E-state index contributed by atoms with van der Waals surface area (Å²) >= 11 is 0. The number of carboxylic acids is 1. The molecule has 0 bridgehead atoms. The van der Waals surface area contributed by atoms with E-state index in [1.54, 1.807) is 4.90 Å². The second-order valence-electron chi connectivity index (χ2n) is 4.38. The molecular weight excluding hydrogens is 248 g/mol. The minimum Gasteiger partial charge on any atom is -0.478 e. The average Bonchev–Trinajstić information content (AvgIpc) is 2.81. The van der Waals surface area contributed by atoms with Gasteiger partial charge in [-0.1, -0.05) is 0 Å². The number of aromatic nitrogens is 1. The van der Waals surface area contributed by atoms with Crippen molar-refractivity contribution < 1.29 is 19.4 Å². The van der Waals surface area contributed by atoms with Gasteiger partial charge in [-0.25, -0.2) is 4.79 Å². The molecule has 0 atom stereocenters. The van der Waals surface area contributed by atoms with Gasteiger partial charge in [-0.05, 0) is 18.6 Å². The maximum atomic E-state index is 11.4. The fourth-order valence-corrected chi connectivity index (χ4v) is 1.98. The number of carbonyl (C=O) groups is 2. The van der Waals surface area contributed by atoms with E-state index in [-0.39, 0.29) is 18.1 Å². The van der Waals surface area contributed by atoms with E-state index in [2.05, 4.69) is 4.98 Å². The van der Waals surface area contributed by atoms with E-state index >= 15 is 0 Å². The zero-order valence-corrected chi connectivity index (χ0v) is 10.5. The Morgan fingerprint density at radius 3 is 3.05 bits per heavy atom. The van der Waals surface area contributed by atoms with Crippen LogP contribution in [-0.2, 0) is 16.1 Å². The lowest BCUT2D eigenvalue weighted by Gasteiger charge is -2.15. The number of amides is 1. The number of rotatable bonds is 6. The molecule has 1 N–H and O–H groups in total. The van der Waals surface area contributed by atoms with Crippen LogP contribution >= 0.6 is 0 Å². The second-order valence-corrected chi connectivity index (χ2v) is 4.38. The smallest absolute Gasteiger partial charge is 0.335 e. The highest BCUT2D eigenvalue weighted by Crippen LogP contribution is 2.09. The van der Waals surface area contributed by atoms with Crippen LogP contribution in [0.4, 0.5) is 0 Å². The molecule has 2 rings (SSSR count). The van der Waals surface area contributed by atoms with Crippen LogP contribution in [0.5, 0.6) is 0 Å². The number of aromatic carboxylic acids is 1. The predicted molar refractivity (Wildman–Crippen MR) is 66.7 cm³/mol.